The maximum atomic E-state index is 2.44. The summed E-state index contributed by atoms with van der Waals surface area (Å²) in [5.74, 6) is 0. The summed E-state index contributed by atoms with van der Waals surface area (Å²) in [6, 6.07) is 9.57. The van der Waals surface area contributed by atoms with Gasteiger partial charge in [0, 0.05) is 5.41 Å². The molecule has 0 atom stereocenters. The topological polar surface area (TPSA) is 0 Å². The van der Waals surface area contributed by atoms with Gasteiger partial charge in [0.1, 0.15) is 0 Å². The average molecular weight is 309 g/mol. The molecule has 0 saturated carbocycles. The van der Waals surface area contributed by atoms with Crippen molar-refractivity contribution in [3.8, 4) is 0 Å². The van der Waals surface area contributed by atoms with Crippen LogP contribution in [0.25, 0.3) is 0 Å². The summed E-state index contributed by atoms with van der Waals surface area (Å²) in [4.78, 5) is 0. The molecule has 2 aromatic carbocycles. The van der Waals surface area contributed by atoms with Gasteiger partial charge in [-0.25, -0.2) is 0 Å². The zero-order valence-corrected chi connectivity index (χ0v) is 16.2. The minimum Gasteiger partial charge on any atom is -0.0651 e. The highest BCUT2D eigenvalue weighted by atomic mass is 14.3. The zero-order valence-electron chi connectivity index (χ0n) is 16.2. The van der Waals surface area contributed by atoms with E-state index in [0.717, 1.165) is 0 Å². The fraction of sp³-hybridized carbons (Fsp3) is 0.478. The summed E-state index contributed by atoms with van der Waals surface area (Å²) in [5, 5.41) is 0. The first-order valence-electron chi connectivity index (χ1n) is 8.87. The Morgan fingerprint density at radius 2 is 1.13 bits per heavy atom. The van der Waals surface area contributed by atoms with Crippen LogP contribution < -0.4 is 0 Å². The molecule has 0 aromatic heterocycles. The van der Waals surface area contributed by atoms with Gasteiger partial charge in [-0.2, -0.15) is 0 Å². The van der Waals surface area contributed by atoms with Crippen molar-refractivity contribution >= 4 is 0 Å². The summed E-state index contributed by atoms with van der Waals surface area (Å²) in [5.41, 5.74) is 11.5. The standard InChI is InChI=1S/C23H32/c1-9-10-20-14-22(13-17(4)19(20)6)23(7,8)21-11-15(2)18(5)16(3)12-21/h11-14H,9-10H2,1-8H3. The van der Waals surface area contributed by atoms with Crippen LogP contribution in [0, 0.1) is 34.6 Å². The van der Waals surface area contributed by atoms with Crippen molar-refractivity contribution in [1.29, 1.82) is 0 Å². The van der Waals surface area contributed by atoms with Crippen LogP contribution in [-0.2, 0) is 11.8 Å². The average Bonchev–Trinajstić information content (AvgIpc) is 2.48. The predicted molar refractivity (Wildman–Crippen MR) is 103 cm³/mol. The van der Waals surface area contributed by atoms with E-state index in [0.29, 0.717) is 0 Å². The minimum absolute atomic E-state index is 0.0319. The maximum absolute atomic E-state index is 2.44. The Labute approximate surface area is 143 Å². The molecule has 0 heterocycles. The SMILES string of the molecule is CCCc1cc(C(C)(C)c2cc(C)c(C)c(C)c2)cc(C)c1C. The van der Waals surface area contributed by atoms with Crippen molar-refractivity contribution < 1.29 is 0 Å². The molecule has 2 aromatic rings. The van der Waals surface area contributed by atoms with Gasteiger partial charge in [-0.15, -0.1) is 0 Å². The third kappa shape index (κ3) is 3.37. The van der Waals surface area contributed by atoms with Crippen LogP contribution in [-0.4, -0.2) is 0 Å². The lowest BCUT2D eigenvalue weighted by molar-refractivity contribution is 0.636. The van der Waals surface area contributed by atoms with E-state index in [1.54, 1.807) is 0 Å². The van der Waals surface area contributed by atoms with Gasteiger partial charge in [0.05, 0.1) is 0 Å². The van der Waals surface area contributed by atoms with Crippen LogP contribution in [0.4, 0.5) is 0 Å². The van der Waals surface area contributed by atoms with Crippen molar-refractivity contribution in [2.24, 2.45) is 0 Å². The number of rotatable bonds is 4. The van der Waals surface area contributed by atoms with Crippen LogP contribution in [0.1, 0.15) is 71.7 Å². The van der Waals surface area contributed by atoms with Crippen molar-refractivity contribution in [2.45, 2.75) is 73.6 Å². The predicted octanol–water partition coefficient (Wildman–Crippen LogP) is 6.51. The highest BCUT2D eigenvalue weighted by Gasteiger charge is 2.25. The largest absolute Gasteiger partial charge is 0.0651 e. The van der Waals surface area contributed by atoms with Crippen LogP contribution in [0.3, 0.4) is 0 Å². The molecule has 0 fully saturated rings. The van der Waals surface area contributed by atoms with Gasteiger partial charge < -0.3 is 0 Å². The van der Waals surface area contributed by atoms with Gasteiger partial charge in [-0.05, 0) is 85.5 Å². The van der Waals surface area contributed by atoms with E-state index in [1.165, 1.54) is 57.3 Å². The van der Waals surface area contributed by atoms with E-state index in [1.807, 2.05) is 0 Å². The first-order valence-corrected chi connectivity index (χ1v) is 8.87. The second-order valence-electron chi connectivity index (χ2n) is 7.69. The van der Waals surface area contributed by atoms with Crippen molar-refractivity contribution in [3.05, 3.63) is 68.8 Å². The van der Waals surface area contributed by atoms with Crippen LogP contribution >= 0.6 is 0 Å². The Hall–Kier alpha value is -1.56. The van der Waals surface area contributed by atoms with E-state index >= 15 is 0 Å². The summed E-state index contributed by atoms with van der Waals surface area (Å²) in [6.07, 6.45) is 2.37. The van der Waals surface area contributed by atoms with Crippen LogP contribution in [0.5, 0.6) is 0 Å². The minimum atomic E-state index is 0.0319. The quantitative estimate of drug-likeness (QED) is 0.604. The van der Waals surface area contributed by atoms with E-state index in [4.69, 9.17) is 0 Å². The van der Waals surface area contributed by atoms with Gasteiger partial charge in [-0.3, -0.25) is 0 Å². The normalized spacial score (nSPS) is 11.8. The maximum Gasteiger partial charge on any atom is 0.0146 e. The molecule has 23 heavy (non-hydrogen) atoms. The highest BCUT2D eigenvalue weighted by Crippen LogP contribution is 2.35. The molecule has 0 saturated heterocycles. The number of hydrogen-bond donors (Lipinski definition) is 0. The number of benzene rings is 2. The molecule has 0 bridgehead atoms. The fourth-order valence-corrected chi connectivity index (χ4v) is 3.39. The summed E-state index contributed by atoms with van der Waals surface area (Å²) in [7, 11) is 0. The summed E-state index contributed by atoms with van der Waals surface area (Å²) >= 11 is 0. The third-order valence-electron chi connectivity index (χ3n) is 5.66. The molecule has 0 N–H and O–H groups in total. The fourth-order valence-electron chi connectivity index (χ4n) is 3.39. The summed E-state index contributed by atoms with van der Waals surface area (Å²) < 4.78 is 0. The Balaban J connectivity index is 2.59. The highest BCUT2D eigenvalue weighted by molar-refractivity contribution is 5.48. The third-order valence-corrected chi connectivity index (χ3v) is 5.66. The van der Waals surface area contributed by atoms with E-state index < -0.39 is 0 Å². The second kappa shape index (κ2) is 6.51. The smallest absolute Gasteiger partial charge is 0.0146 e. The molecular formula is C23H32. The number of aryl methyl sites for hydroxylation is 4. The first-order chi connectivity index (χ1) is 10.7. The van der Waals surface area contributed by atoms with Crippen molar-refractivity contribution in [3.63, 3.8) is 0 Å². The van der Waals surface area contributed by atoms with Gasteiger partial charge in [0.25, 0.3) is 0 Å². The Bertz CT molecular complexity index is 694. The molecule has 0 aliphatic heterocycles. The molecule has 0 heteroatoms. The molecule has 124 valence electrons. The molecule has 0 radical (unpaired) electrons. The lowest BCUT2D eigenvalue weighted by Crippen LogP contribution is -2.20. The Kier molecular flexibility index (Phi) is 5.04. The molecular weight excluding hydrogens is 276 g/mol. The molecule has 0 amide bonds. The lowest BCUT2D eigenvalue weighted by Gasteiger charge is -2.29. The number of hydrogen-bond acceptors (Lipinski definition) is 0. The van der Waals surface area contributed by atoms with E-state index in [2.05, 4.69) is 79.7 Å². The van der Waals surface area contributed by atoms with E-state index in [-0.39, 0.29) is 5.41 Å². The lowest BCUT2D eigenvalue weighted by atomic mass is 9.75. The molecule has 0 unspecified atom stereocenters. The monoisotopic (exact) mass is 308 g/mol. The van der Waals surface area contributed by atoms with Gasteiger partial charge in [0.2, 0.25) is 0 Å². The Morgan fingerprint density at radius 1 is 0.696 bits per heavy atom. The van der Waals surface area contributed by atoms with Crippen molar-refractivity contribution in [2.75, 3.05) is 0 Å². The summed E-state index contributed by atoms with van der Waals surface area (Å²) in [6.45, 7) is 18.2. The molecule has 0 nitrogen and oxygen atoms in total. The molecule has 0 spiro atoms. The molecule has 0 aliphatic rings. The van der Waals surface area contributed by atoms with Crippen LogP contribution in [0.15, 0.2) is 24.3 Å². The van der Waals surface area contributed by atoms with E-state index in [9.17, 15) is 0 Å². The molecule has 2 rings (SSSR count). The van der Waals surface area contributed by atoms with Crippen LogP contribution in [0.2, 0.25) is 0 Å². The zero-order chi connectivity index (χ0) is 17.4. The first kappa shape index (κ1) is 17.8. The van der Waals surface area contributed by atoms with Gasteiger partial charge in [-0.1, -0.05) is 51.5 Å². The Morgan fingerprint density at radius 3 is 1.61 bits per heavy atom. The van der Waals surface area contributed by atoms with Gasteiger partial charge in [0.15, 0.2) is 0 Å². The van der Waals surface area contributed by atoms with Gasteiger partial charge >= 0.3 is 0 Å². The van der Waals surface area contributed by atoms with Crippen molar-refractivity contribution in [1.82, 2.24) is 0 Å². The second-order valence-corrected chi connectivity index (χ2v) is 7.69. The molecule has 0 aliphatic carbocycles.